The van der Waals surface area contributed by atoms with E-state index in [1.165, 1.54) is 0 Å². The molecule has 1 aromatic rings. The molecule has 1 heterocycles. The van der Waals surface area contributed by atoms with Crippen LogP contribution in [0.15, 0.2) is 18.3 Å². The topological polar surface area (TPSA) is 60.4 Å². The van der Waals surface area contributed by atoms with E-state index >= 15 is 0 Å². The zero-order chi connectivity index (χ0) is 9.68. The highest BCUT2D eigenvalue weighted by Crippen LogP contribution is 2.12. The quantitative estimate of drug-likeness (QED) is 0.794. The highest BCUT2D eigenvalue weighted by molar-refractivity contribution is 5.25. The Morgan fingerprint density at radius 2 is 2.14 bits per heavy atom. The van der Waals surface area contributed by atoms with Gasteiger partial charge in [-0.3, -0.25) is 4.98 Å². The molecule has 0 bridgehead atoms. The maximum absolute atomic E-state index is 5.54. The van der Waals surface area contributed by atoms with Crippen molar-refractivity contribution in [1.29, 1.82) is 0 Å². The molecule has 0 atom stereocenters. The largest absolute Gasteiger partial charge is 0.490 e. The molecule has 0 spiro atoms. The minimum absolute atomic E-state index is 0. The number of likely N-dealkylation sites (N-methyl/N-ethyl adjacent to an activating group) is 1. The van der Waals surface area contributed by atoms with E-state index in [2.05, 4.69) is 9.88 Å². The molecule has 0 amide bonds. The van der Waals surface area contributed by atoms with Crippen LogP contribution in [0.5, 0.6) is 5.75 Å². The van der Waals surface area contributed by atoms with Crippen LogP contribution in [0.1, 0.15) is 5.69 Å². The Morgan fingerprint density at radius 3 is 2.71 bits per heavy atom. The van der Waals surface area contributed by atoms with Gasteiger partial charge in [-0.05, 0) is 33.2 Å². The van der Waals surface area contributed by atoms with Gasteiger partial charge in [-0.25, -0.2) is 0 Å². The molecule has 80 valence electrons. The molecule has 1 aromatic heterocycles. The summed E-state index contributed by atoms with van der Waals surface area (Å²) >= 11 is 0. The van der Waals surface area contributed by atoms with Gasteiger partial charge in [0.05, 0.1) is 5.69 Å². The van der Waals surface area contributed by atoms with Gasteiger partial charge in [0.15, 0.2) is 0 Å². The second kappa shape index (κ2) is 6.34. The van der Waals surface area contributed by atoms with Gasteiger partial charge in [0.25, 0.3) is 0 Å². The molecule has 4 heteroatoms. The molecule has 4 nitrogen and oxygen atoms in total. The molecular formula is C10H19N3O. The summed E-state index contributed by atoms with van der Waals surface area (Å²) < 4.78 is 5.54. The summed E-state index contributed by atoms with van der Waals surface area (Å²) in [6.45, 7) is 3.58. The summed E-state index contributed by atoms with van der Waals surface area (Å²) in [5.41, 5.74) is 0.946. The maximum atomic E-state index is 5.54. The van der Waals surface area contributed by atoms with Crippen LogP contribution in [0.3, 0.4) is 0 Å². The molecule has 1 rings (SSSR count). The molecule has 0 aliphatic carbocycles. The lowest BCUT2D eigenvalue weighted by atomic mass is 10.3. The molecule has 0 saturated carbocycles. The third kappa shape index (κ3) is 4.20. The first-order chi connectivity index (χ1) is 6.20. The number of rotatable bonds is 4. The average molecular weight is 197 g/mol. The Kier molecular flexibility index (Phi) is 5.83. The van der Waals surface area contributed by atoms with E-state index in [0.717, 1.165) is 18.0 Å². The van der Waals surface area contributed by atoms with E-state index in [4.69, 9.17) is 4.74 Å². The van der Waals surface area contributed by atoms with Gasteiger partial charge < -0.3 is 15.8 Å². The smallest absolute Gasteiger partial charge is 0.140 e. The summed E-state index contributed by atoms with van der Waals surface area (Å²) in [4.78, 5) is 6.23. The molecule has 0 aromatic carbocycles. The number of aromatic nitrogens is 1. The van der Waals surface area contributed by atoms with Crippen molar-refractivity contribution in [2.45, 2.75) is 6.92 Å². The normalized spacial score (nSPS) is 9.71. The van der Waals surface area contributed by atoms with E-state index in [1.807, 2.05) is 33.2 Å². The second-order valence-electron chi connectivity index (χ2n) is 3.24. The van der Waals surface area contributed by atoms with Gasteiger partial charge in [0.1, 0.15) is 12.4 Å². The van der Waals surface area contributed by atoms with E-state index in [0.29, 0.717) is 6.61 Å². The van der Waals surface area contributed by atoms with Crippen molar-refractivity contribution in [3.63, 3.8) is 0 Å². The summed E-state index contributed by atoms with van der Waals surface area (Å²) in [5.74, 6) is 0.879. The summed E-state index contributed by atoms with van der Waals surface area (Å²) in [6.07, 6.45) is 1.77. The molecule has 0 aliphatic heterocycles. The summed E-state index contributed by atoms with van der Waals surface area (Å²) in [5, 5.41) is 0. The van der Waals surface area contributed by atoms with Gasteiger partial charge in [0, 0.05) is 12.7 Å². The Balaban J connectivity index is 0.00000169. The molecule has 0 aliphatic rings. The number of hydrogen-bond acceptors (Lipinski definition) is 4. The molecule has 14 heavy (non-hydrogen) atoms. The fraction of sp³-hybridized carbons (Fsp3) is 0.500. The average Bonchev–Trinajstić information content (AvgIpc) is 2.08. The van der Waals surface area contributed by atoms with Gasteiger partial charge >= 0.3 is 0 Å². The highest BCUT2D eigenvalue weighted by Gasteiger charge is 1.98. The molecule has 0 unspecified atom stereocenters. The fourth-order valence-corrected chi connectivity index (χ4v) is 0.960. The Labute approximate surface area is 85.5 Å². The third-order valence-corrected chi connectivity index (χ3v) is 1.75. The van der Waals surface area contributed by atoms with E-state index in [9.17, 15) is 0 Å². The molecule has 0 saturated heterocycles. The molecule has 0 radical (unpaired) electrons. The van der Waals surface area contributed by atoms with Gasteiger partial charge in [-0.2, -0.15) is 0 Å². The monoisotopic (exact) mass is 197 g/mol. The number of ether oxygens (including phenoxy) is 1. The van der Waals surface area contributed by atoms with Crippen LogP contribution in [-0.4, -0.2) is 37.1 Å². The van der Waals surface area contributed by atoms with Crippen molar-refractivity contribution in [2.75, 3.05) is 27.2 Å². The number of hydrogen-bond donors (Lipinski definition) is 1. The lowest BCUT2D eigenvalue weighted by molar-refractivity contribution is 0.259. The van der Waals surface area contributed by atoms with Crippen LogP contribution in [-0.2, 0) is 0 Å². The van der Waals surface area contributed by atoms with Crippen molar-refractivity contribution < 1.29 is 4.74 Å². The predicted molar refractivity (Wildman–Crippen MR) is 58.0 cm³/mol. The molecular weight excluding hydrogens is 178 g/mol. The lowest BCUT2D eigenvalue weighted by Gasteiger charge is -2.11. The summed E-state index contributed by atoms with van der Waals surface area (Å²) in [6, 6.07) is 3.83. The van der Waals surface area contributed by atoms with Crippen LogP contribution in [0, 0.1) is 6.92 Å². The summed E-state index contributed by atoms with van der Waals surface area (Å²) in [7, 11) is 4.05. The number of nitrogens with zero attached hydrogens (tertiary/aromatic N) is 2. The van der Waals surface area contributed by atoms with Crippen LogP contribution in [0.2, 0.25) is 0 Å². The van der Waals surface area contributed by atoms with Crippen LogP contribution in [0.25, 0.3) is 0 Å². The van der Waals surface area contributed by atoms with Crippen LogP contribution >= 0.6 is 0 Å². The minimum atomic E-state index is 0. The van der Waals surface area contributed by atoms with Crippen molar-refractivity contribution in [3.05, 3.63) is 24.0 Å². The first-order valence-electron chi connectivity index (χ1n) is 4.39. The van der Waals surface area contributed by atoms with Gasteiger partial charge in [0.2, 0.25) is 0 Å². The van der Waals surface area contributed by atoms with Gasteiger partial charge in [-0.1, -0.05) is 0 Å². The Bertz CT molecular complexity index is 263. The zero-order valence-electron chi connectivity index (χ0n) is 9.16. The SMILES string of the molecule is Cc1ncccc1OCCN(C)C.N. The van der Waals surface area contributed by atoms with E-state index < -0.39 is 0 Å². The number of pyridine rings is 1. The van der Waals surface area contributed by atoms with Crippen molar-refractivity contribution in [2.24, 2.45) is 0 Å². The predicted octanol–water partition coefficient (Wildman–Crippen LogP) is 1.49. The van der Waals surface area contributed by atoms with E-state index in [1.54, 1.807) is 6.20 Å². The standard InChI is InChI=1S/C10H16N2O.H3N/c1-9-10(5-4-6-11-9)13-8-7-12(2)3;/h4-6H,7-8H2,1-3H3;1H3. The fourth-order valence-electron chi connectivity index (χ4n) is 0.960. The van der Waals surface area contributed by atoms with Crippen LogP contribution < -0.4 is 10.9 Å². The van der Waals surface area contributed by atoms with E-state index in [-0.39, 0.29) is 6.15 Å². The highest BCUT2D eigenvalue weighted by atomic mass is 16.5. The first kappa shape index (κ1) is 12.9. The first-order valence-corrected chi connectivity index (χ1v) is 4.39. The van der Waals surface area contributed by atoms with Crippen molar-refractivity contribution in [3.8, 4) is 5.75 Å². The maximum Gasteiger partial charge on any atom is 0.140 e. The second-order valence-corrected chi connectivity index (χ2v) is 3.24. The van der Waals surface area contributed by atoms with Gasteiger partial charge in [-0.15, -0.1) is 0 Å². The Hall–Kier alpha value is -1.13. The number of aryl methyl sites for hydroxylation is 1. The molecule has 0 fully saturated rings. The molecule has 3 N–H and O–H groups in total. The van der Waals surface area contributed by atoms with Crippen molar-refractivity contribution in [1.82, 2.24) is 16.0 Å². The Morgan fingerprint density at radius 1 is 1.43 bits per heavy atom. The van der Waals surface area contributed by atoms with Crippen molar-refractivity contribution >= 4 is 0 Å². The van der Waals surface area contributed by atoms with Crippen LogP contribution in [0.4, 0.5) is 0 Å². The lowest BCUT2D eigenvalue weighted by Crippen LogP contribution is -2.19. The third-order valence-electron chi connectivity index (χ3n) is 1.75. The zero-order valence-corrected chi connectivity index (χ0v) is 9.16. The minimum Gasteiger partial charge on any atom is -0.490 e.